The van der Waals surface area contributed by atoms with Crippen LogP contribution in [0.5, 0.6) is 0 Å². The van der Waals surface area contributed by atoms with E-state index in [1.54, 1.807) is 0 Å². The molecule has 0 saturated carbocycles. The quantitative estimate of drug-likeness (QED) is 0.883. The van der Waals surface area contributed by atoms with Crippen molar-refractivity contribution in [1.82, 2.24) is 15.2 Å². The summed E-state index contributed by atoms with van der Waals surface area (Å²) in [5.74, 6) is 1.59. The Balaban J connectivity index is 1.47. The molecule has 0 aliphatic carbocycles. The van der Waals surface area contributed by atoms with E-state index in [2.05, 4.69) is 15.6 Å². The molecule has 3 heterocycles. The summed E-state index contributed by atoms with van der Waals surface area (Å²) >= 11 is 1.49. The number of aryl methyl sites for hydroxylation is 1. The third-order valence-corrected chi connectivity index (χ3v) is 5.54. The fourth-order valence-corrected chi connectivity index (χ4v) is 4.11. The highest BCUT2D eigenvalue weighted by atomic mass is 32.1. The van der Waals surface area contributed by atoms with Gasteiger partial charge in [0.25, 0.3) is 0 Å². The molecule has 2 saturated heterocycles. The first-order valence-electron chi connectivity index (χ1n) is 7.91. The number of likely N-dealkylation sites (tertiary alicyclic amines) is 1. The molecule has 1 atom stereocenters. The first kappa shape index (κ1) is 14.8. The Hall–Kier alpha value is -1.14. The molecule has 0 radical (unpaired) electrons. The predicted molar refractivity (Wildman–Crippen MR) is 85.8 cm³/mol. The molecule has 2 fully saturated rings. The van der Waals surface area contributed by atoms with Crippen molar-refractivity contribution in [1.29, 1.82) is 0 Å². The molecular formula is C15H24N4OS. The van der Waals surface area contributed by atoms with Crippen LogP contribution >= 0.6 is 11.3 Å². The number of carbonyl (C=O) groups is 1. The zero-order valence-corrected chi connectivity index (χ0v) is 13.4. The molecule has 1 unspecified atom stereocenters. The van der Waals surface area contributed by atoms with E-state index >= 15 is 0 Å². The molecule has 2 N–H and O–H groups in total. The van der Waals surface area contributed by atoms with Crippen LogP contribution in [0.15, 0.2) is 5.38 Å². The van der Waals surface area contributed by atoms with Crippen molar-refractivity contribution in [3.63, 3.8) is 0 Å². The summed E-state index contributed by atoms with van der Waals surface area (Å²) in [7, 11) is 0. The molecule has 2 aliphatic heterocycles. The van der Waals surface area contributed by atoms with Gasteiger partial charge in [0.1, 0.15) is 0 Å². The van der Waals surface area contributed by atoms with Gasteiger partial charge in [-0.05, 0) is 57.5 Å². The number of hydrogen-bond acceptors (Lipinski definition) is 4. The Kier molecular flexibility index (Phi) is 4.75. The summed E-state index contributed by atoms with van der Waals surface area (Å²) in [5, 5.41) is 9.07. The van der Waals surface area contributed by atoms with Gasteiger partial charge in [0, 0.05) is 18.5 Å². The summed E-state index contributed by atoms with van der Waals surface area (Å²) in [6.07, 6.45) is 4.92. The van der Waals surface area contributed by atoms with Crippen LogP contribution in [0.25, 0.3) is 0 Å². The van der Waals surface area contributed by atoms with Crippen LogP contribution in [0.1, 0.15) is 31.4 Å². The maximum Gasteiger partial charge on any atom is 0.323 e. The second-order valence-electron chi connectivity index (χ2n) is 6.16. The van der Waals surface area contributed by atoms with Gasteiger partial charge < -0.3 is 10.2 Å². The summed E-state index contributed by atoms with van der Waals surface area (Å²) in [6, 6.07) is 0.00423. The zero-order valence-electron chi connectivity index (χ0n) is 12.6. The number of nitrogens with one attached hydrogen (secondary N) is 2. The number of anilines is 1. The van der Waals surface area contributed by atoms with Gasteiger partial charge in [-0.25, -0.2) is 9.78 Å². The first-order valence-corrected chi connectivity index (χ1v) is 8.79. The van der Waals surface area contributed by atoms with Gasteiger partial charge >= 0.3 is 6.03 Å². The Morgan fingerprint density at radius 3 is 2.81 bits per heavy atom. The minimum Gasteiger partial charge on any atom is -0.324 e. The van der Waals surface area contributed by atoms with Crippen molar-refractivity contribution >= 4 is 22.5 Å². The Bertz CT molecular complexity index is 476. The topological polar surface area (TPSA) is 57.3 Å². The third kappa shape index (κ3) is 3.74. The second kappa shape index (κ2) is 6.75. The van der Waals surface area contributed by atoms with Crippen molar-refractivity contribution < 1.29 is 4.79 Å². The largest absolute Gasteiger partial charge is 0.324 e. The van der Waals surface area contributed by atoms with Crippen LogP contribution in [0, 0.1) is 18.8 Å². The lowest BCUT2D eigenvalue weighted by Crippen LogP contribution is -2.44. The molecule has 6 heteroatoms. The molecule has 3 rings (SSSR count). The smallest absolute Gasteiger partial charge is 0.323 e. The number of rotatable bonds is 2. The van der Waals surface area contributed by atoms with Crippen molar-refractivity contribution in [2.45, 2.75) is 32.6 Å². The summed E-state index contributed by atoms with van der Waals surface area (Å²) in [4.78, 5) is 18.4. The van der Waals surface area contributed by atoms with E-state index in [9.17, 15) is 4.79 Å². The average Bonchev–Trinajstić information content (AvgIpc) is 2.93. The number of carbonyl (C=O) groups excluding carboxylic acids is 1. The van der Waals surface area contributed by atoms with Gasteiger partial charge in [0.2, 0.25) is 0 Å². The first-order chi connectivity index (χ1) is 10.2. The number of nitrogens with zero attached hydrogens (tertiary/aromatic N) is 2. The molecule has 0 bridgehead atoms. The van der Waals surface area contributed by atoms with Gasteiger partial charge in [-0.1, -0.05) is 0 Å². The molecule has 0 spiro atoms. The highest BCUT2D eigenvalue weighted by molar-refractivity contribution is 7.13. The molecule has 116 valence electrons. The minimum atomic E-state index is 0.00423. The number of amides is 2. The van der Waals surface area contributed by atoms with E-state index in [0.29, 0.717) is 5.13 Å². The third-order valence-electron chi connectivity index (χ3n) is 4.66. The van der Waals surface area contributed by atoms with Gasteiger partial charge in [0.15, 0.2) is 5.13 Å². The van der Waals surface area contributed by atoms with Gasteiger partial charge in [-0.15, -0.1) is 11.3 Å². The predicted octanol–water partition coefficient (Wildman–Crippen LogP) is 2.70. The minimum absolute atomic E-state index is 0.00423. The van der Waals surface area contributed by atoms with Crippen LogP contribution < -0.4 is 10.6 Å². The van der Waals surface area contributed by atoms with E-state index in [0.717, 1.165) is 50.0 Å². The van der Waals surface area contributed by atoms with Crippen LogP contribution in [0.3, 0.4) is 0 Å². The van der Waals surface area contributed by atoms with E-state index in [4.69, 9.17) is 0 Å². The molecule has 1 aromatic rings. The van der Waals surface area contributed by atoms with Crippen molar-refractivity contribution in [2.24, 2.45) is 11.8 Å². The summed E-state index contributed by atoms with van der Waals surface area (Å²) in [6.45, 7) is 6.02. The Morgan fingerprint density at radius 1 is 1.38 bits per heavy atom. The van der Waals surface area contributed by atoms with Gasteiger partial charge in [-0.2, -0.15) is 0 Å². The fraction of sp³-hybridized carbons (Fsp3) is 0.733. The monoisotopic (exact) mass is 308 g/mol. The summed E-state index contributed by atoms with van der Waals surface area (Å²) in [5.41, 5.74) is 0.957. The van der Waals surface area contributed by atoms with Crippen molar-refractivity contribution in [3.8, 4) is 0 Å². The number of urea groups is 1. The average molecular weight is 308 g/mol. The van der Waals surface area contributed by atoms with Crippen LogP contribution in [0.2, 0.25) is 0 Å². The maximum atomic E-state index is 12.2. The molecule has 0 aromatic carbocycles. The highest BCUT2D eigenvalue weighted by Crippen LogP contribution is 2.29. The van der Waals surface area contributed by atoms with Crippen LogP contribution in [-0.2, 0) is 0 Å². The maximum absolute atomic E-state index is 12.2. The Morgan fingerprint density at radius 2 is 2.19 bits per heavy atom. The lowest BCUT2D eigenvalue weighted by atomic mass is 9.80. The normalized spacial score (nSPS) is 24.0. The van der Waals surface area contributed by atoms with Crippen LogP contribution in [0.4, 0.5) is 9.93 Å². The van der Waals surface area contributed by atoms with Crippen LogP contribution in [-0.4, -0.2) is 42.1 Å². The molecule has 5 nitrogen and oxygen atoms in total. The number of aromatic nitrogens is 1. The van der Waals surface area contributed by atoms with Gasteiger partial charge in [-0.3, -0.25) is 5.32 Å². The SMILES string of the molecule is Cc1csc(NC(=O)N2CCC(C3CCCNC3)CC2)n1. The van der Waals surface area contributed by atoms with E-state index in [1.807, 2.05) is 17.2 Å². The standard InChI is InChI=1S/C15H24N4OS/c1-11-10-21-14(17-11)18-15(20)19-7-4-12(5-8-19)13-3-2-6-16-9-13/h10,12-13,16H,2-9H2,1H3,(H,17,18,20). The Labute approximate surface area is 130 Å². The molecular weight excluding hydrogens is 284 g/mol. The van der Waals surface area contributed by atoms with E-state index < -0.39 is 0 Å². The summed E-state index contributed by atoms with van der Waals surface area (Å²) < 4.78 is 0. The van der Waals surface area contributed by atoms with E-state index in [-0.39, 0.29) is 6.03 Å². The molecule has 1 aromatic heterocycles. The lowest BCUT2D eigenvalue weighted by molar-refractivity contribution is 0.146. The molecule has 2 aliphatic rings. The lowest BCUT2D eigenvalue weighted by Gasteiger charge is -2.37. The van der Waals surface area contributed by atoms with Gasteiger partial charge in [0.05, 0.1) is 5.69 Å². The second-order valence-corrected chi connectivity index (χ2v) is 7.01. The molecule has 2 amide bonds. The number of piperidine rings is 2. The highest BCUT2D eigenvalue weighted by Gasteiger charge is 2.29. The molecule has 21 heavy (non-hydrogen) atoms. The zero-order chi connectivity index (χ0) is 14.7. The van der Waals surface area contributed by atoms with Crippen molar-refractivity contribution in [3.05, 3.63) is 11.1 Å². The van der Waals surface area contributed by atoms with Crippen molar-refractivity contribution in [2.75, 3.05) is 31.5 Å². The number of hydrogen-bond donors (Lipinski definition) is 2. The number of thiazole rings is 1. The fourth-order valence-electron chi connectivity index (χ4n) is 3.44. The van der Waals surface area contributed by atoms with E-state index in [1.165, 1.54) is 30.7 Å².